The van der Waals surface area contributed by atoms with Crippen molar-refractivity contribution in [1.29, 1.82) is 0 Å². The lowest BCUT2D eigenvalue weighted by molar-refractivity contribution is -0.113. The third-order valence-electron chi connectivity index (χ3n) is 2.91. The quantitative estimate of drug-likeness (QED) is 0.675. The van der Waals surface area contributed by atoms with E-state index < -0.39 is 0 Å². The SMILES string of the molecule is O=C(CSc1nc2ccc(Cl)cc2[nH]1)Nc1ccccc1Cl. The number of carbonyl (C=O) groups is 1. The summed E-state index contributed by atoms with van der Waals surface area (Å²) in [4.78, 5) is 19.5. The third-order valence-corrected chi connectivity index (χ3v) is 4.35. The Morgan fingerprint density at radius 1 is 1.23 bits per heavy atom. The normalized spacial score (nSPS) is 10.8. The lowest BCUT2D eigenvalue weighted by Gasteiger charge is -2.05. The van der Waals surface area contributed by atoms with E-state index in [0.717, 1.165) is 11.0 Å². The molecule has 0 aliphatic rings. The molecular weight excluding hydrogens is 341 g/mol. The molecule has 0 radical (unpaired) electrons. The molecule has 2 aromatic carbocycles. The lowest BCUT2D eigenvalue weighted by atomic mass is 10.3. The standard InChI is InChI=1S/C15H11Cl2N3OS/c16-9-5-6-12-13(7-9)20-15(19-12)22-8-14(21)18-11-4-2-1-3-10(11)17/h1-7H,8H2,(H,18,21)(H,19,20). The van der Waals surface area contributed by atoms with Crippen LogP contribution in [0.3, 0.4) is 0 Å². The number of imidazole rings is 1. The number of aromatic amines is 1. The Morgan fingerprint density at radius 3 is 2.86 bits per heavy atom. The van der Waals surface area contributed by atoms with Gasteiger partial charge in [-0.3, -0.25) is 4.79 Å². The molecule has 0 spiro atoms. The Kier molecular flexibility index (Phi) is 4.57. The maximum atomic E-state index is 12.0. The van der Waals surface area contributed by atoms with Gasteiger partial charge in [0, 0.05) is 5.02 Å². The number of thioether (sulfide) groups is 1. The molecule has 0 bridgehead atoms. The smallest absolute Gasteiger partial charge is 0.234 e. The first-order valence-electron chi connectivity index (χ1n) is 6.44. The number of halogens is 2. The predicted molar refractivity (Wildman–Crippen MR) is 91.9 cm³/mol. The summed E-state index contributed by atoms with van der Waals surface area (Å²) < 4.78 is 0. The minimum Gasteiger partial charge on any atom is -0.333 e. The number of nitrogens with one attached hydrogen (secondary N) is 2. The minimum absolute atomic E-state index is 0.142. The summed E-state index contributed by atoms with van der Waals surface area (Å²) in [6.45, 7) is 0. The van der Waals surface area contributed by atoms with Crippen molar-refractivity contribution in [2.45, 2.75) is 5.16 Å². The van der Waals surface area contributed by atoms with Crippen molar-refractivity contribution >= 4 is 57.6 Å². The van der Waals surface area contributed by atoms with Gasteiger partial charge >= 0.3 is 0 Å². The first-order chi connectivity index (χ1) is 10.6. The molecule has 0 saturated carbocycles. The summed E-state index contributed by atoms with van der Waals surface area (Å²) in [5.74, 6) is 0.0929. The number of anilines is 1. The highest BCUT2D eigenvalue weighted by molar-refractivity contribution is 7.99. The zero-order valence-corrected chi connectivity index (χ0v) is 13.6. The molecule has 2 N–H and O–H groups in total. The molecule has 0 aliphatic heterocycles. The van der Waals surface area contributed by atoms with E-state index in [0.29, 0.717) is 20.9 Å². The molecule has 3 rings (SSSR count). The van der Waals surface area contributed by atoms with Gasteiger partial charge in [0.15, 0.2) is 5.16 Å². The van der Waals surface area contributed by atoms with Crippen molar-refractivity contribution in [2.24, 2.45) is 0 Å². The number of hydrogen-bond donors (Lipinski definition) is 2. The number of nitrogens with zero attached hydrogens (tertiary/aromatic N) is 1. The van der Waals surface area contributed by atoms with Crippen molar-refractivity contribution in [3.8, 4) is 0 Å². The molecule has 7 heteroatoms. The molecule has 112 valence electrons. The van der Waals surface area contributed by atoms with Crippen LogP contribution in [-0.4, -0.2) is 21.6 Å². The van der Waals surface area contributed by atoms with Gasteiger partial charge in [0.1, 0.15) is 0 Å². The van der Waals surface area contributed by atoms with Crippen molar-refractivity contribution in [3.63, 3.8) is 0 Å². The summed E-state index contributed by atoms with van der Waals surface area (Å²) >= 11 is 13.3. The Bertz CT molecular complexity index is 835. The average molecular weight is 352 g/mol. The topological polar surface area (TPSA) is 57.8 Å². The van der Waals surface area contributed by atoms with Crippen LogP contribution in [0.2, 0.25) is 10.0 Å². The summed E-state index contributed by atoms with van der Waals surface area (Å²) in [5.41, 5.74) is 2.27. The first kappa shape index (κ1) is 15.2. The summed E-state index contributed by atoms with van der Waals surface area (Å²) in [7, 11) is 0. The maximum Gasteiger partial charge on any atom is 0.234 e. The predicted octanol–water partition coefficient (Wildman–Crippen LogP) is 4.60. The highest BCUT2D eigenvalue weighted by atomic mass is 35.5. The van der Waals surface area contributed by atoms with Crippen LogP contribution in [0.15, 0.2) is 47.6 Å². The van der Waals surface area contributed by atoms with E-state index in [4.69, 9.17) is 23.2 Å². The average Bonchev–Trinajstić information content (AvgIpc) is 2.89. The second-order valence-electron chi connectivity index (χ2n) is 4.52. The molecule has 0 aliphatic carbocycles. The zero-order valence-electron chi connectivity index (χ0n) is 11.3. The van der Waals surface area contributed by atoms with E-state index in [-0.39, 0.29) is 11.7 Å². The van der Waals surface area contributed by atoms with Crippen LogP contribution < -0.4 is 5.32 Å². The molecule has 4 nitrogen and oxygen atoms in total. The van der Waals surface area contributed by atoms with Crippen LogP contribution in [0.4, 0.5) is 5.69 Å². The second kappa shape index (κ2) is 6.60. The fourth-order valence-electron chi connectivity index (χ4n) is 1.91. The van der Waals surface area contributed by atoms with Crippen LogP contribution in [0.1, 0.15) is 0 Å². The van der Waals surface area contributed by atoms with Crippen LogP contribution in [0.5, 0.6) is 0 Å². The minimum atomic E-state index is -0.142. The number of rotatable bonds is 4. The molecule has 0 unspecified atom stereocenters. The second-order valence-corrected chi connectivity index (χ2v) is 6.33. The Morgan fingerprint density at radius 2 is 2.05 bits per heavy atom. The van der Waals surface area contributed by atoms with E-state index in [1.807, 2.05) is 18.2 Å². The fourth-order valence-corrected chi connectivity index (χ4v) is 2.95. The summed E-state index contributed by atoms with van der Waals surface area (Å²) in [6.07, 6.45) is 0. The number of aromatic nitrogens is 2. The van der Waals surface area contributed by atoms with Crippen molar-refractivity contribution in [1.82, 2.24) is 9.97 Å². The van der Waals surface area contributed by atoms with Gasteiger partial charge in [-0.05, 0) is 30.3 Å². The highest BCUT2D eigenvalue weighted by Crippen LogP contribution is 2.23. The van der Waals surface area contributed by atoms with Crippen LogP contribution in [0, 0.1) is 0 Å². The van der Waals surface area contributed by atoms with Gasteiger partial charge in [0.2, 0.25) is 5.91 Å². The molecular formula is C15H11Cl2N3OS. The van der Waals surface area contributed by atoms with Gasteiger partial charge in [-0.1, -0.05) is 47.1 Å². The van der Waals surface area contributed by atoms with Gasteiger partial charge in [0.05, 0.1) is 27.5 Å². The number of fused-ring (bicyclic) bond motifs is 1. The zero-order chi connectivity index (χ0) is 15.5. The van der Waals surface area contributed by atoms with Gasteiger partial charge in [-0.15, -0.1) is 0 Å². The first-order valence-corrected chi connectivity index (χ1v) is 8.18. The molecule has 3 aromatic rings. The maximum absolute atomic E-state index is 12.0. The van der Waals surface area contributed by atoms with Crippen molar-refractivity contribution in [2.75, 3.05) is 11.1 Å². The number of para-hydroxylation sites is 1. The van der Waals surface area contributed by atoms with Crippen LogP contribution >= 0.6 is 35.0 Å². The van der Waals surface area contributed by atoms with E-state index in [1.165, 1.54) is 11.8 Å². The molecule has 1 heterocycles. The molecule has 1 amide bonds. The van der Waals surface area contributed by atoms with Crippen molar-refractivity contribution in [3.05, 3.63) is 52.5 Å². The Balaban J connectivity index is 1.63. The largest absolute Gasteiger partial charge is 0.333 e. The van der Waals surface area contributed by atoms with Crippen LogP contribution in [0.25, 0.3) is 11.0 Å². The van der Waals surface area contributed by atoms with Gasteiger partial charge < -0.3 is 10.3 Å². The van der Waals surface area contributed by atoms with E-state index in [2.05, 4.69) is 15.3 Å². The summed E-state index contributed by atoms with van der Waals surface area (Å²) in [5, 5.41) is 4.60. The molecule has 1 aromatic heterocycles. The number of carbonyl (C=O) groups excluding carboxylic acids is 1. The number of hydrogen-bond acceptors (Lipinski definition) is 3. The molecule has 0 atom stereocenters. The lowest BCUT2D eigenvalue weighted by Crippen LogP contribution is -2.14. The van der Waals surface area contributed by atoms with Crippen LogP contribution in [-0.2, 0) is 4.79 Å². The fraction of sp³-hybridized carbons (Fsp3) is 0.0667. The van der Waals surface area contributed by atoms with E-state index in [9.17, 15) is 4.79 Å². The Hall–Kier alpha value is -1.69. The number of benzene rings is 2. The highest BCUT2D eigenvalue weighted by Gasteiger charge is 2.09. The van der Waals surface area contributed by atoms with Crippen molar-refractivity contribution < 1.29 is 4.79 Å². The molecule has 0 fully saturated rings. The third kappa shape index (κ3) is 3.55. The number of H-pyrrole nitrogens is 1. The number of amides is 1. The van der Waals surface area contributed by atoms with Gasteiger partial charge in [-0.2, -0.15) is 0 Å². The van der Waals surface area contributed by atoms with Gasteiger partial charge in [0.25, 0.3) is 0 Å². The molecule has 0 saturated heterocycles. The van der Waals surface area contributed by atoms with E-state index in [1.54, 1.807) is 24.3 Å². The Labute approximate surface area is 141 Å². The molecule has 22 heavy (non-hydrogen) atoms. The monoisotopic (exact) mass is 351 g/mol. The summed E-state index contributed by atoms with van der Waals surface area (Å²) in [6, 6.07) is 12.5. The van der Waals surface area contributed by atoms with E-state index >= 15 is 0 Å². The van der Waals surface area contributed by atoms with Gasteiger partial charge in [-0.25, -0.2) is 4.98 Å².